The highest BCUT2D eigenvalue weighted by molar-refractivity contribution is 5.95. The minimum atomic E-state index is -0.500. The van der Waals surface area contributed by atoms with Crippen LogP contribution in [0.1, 0.15) is 23.7 Å². The van der Waals surface area contributed by atoms with Crippen molar-refractivity contribution in [2.75, 3.05) is 46.4 Å². The first kappa shape index (κ1) is 16.9. The molecule has 1 fully saturated rings. The molecule has 0 saturated carbocycles. The number of nitrogens with zero attached hydrogens (tertiary/aromatic N) is 2. The van der Waals surface area contributed by atoms with Gasteiger partial charge < -0.3 is 14.7 Å². The van der Waals surface area contributed by atoms with Crippen molar-refractivity contribution in [2.24, 2.45) is 0 Å². The predicted molar refractivity (Wildman–Crippen MR) is 86.5 cm³/mol. The Bertz CT molecular complexity index is 467. The first-order valence-electron chi connectivity index (χ1n) is 7.93. The second-order valence-electron chi connectivity index (χ2n) is 5.87. The number of hydrogen-bond donors (Lipinski definition) is 1. The Kier molecular flexibility index (Phi) is 6.36. The van der Waals surface area contributed by atoms with E-state index in [0.29, 0.717) is 24.3 Å². The molecule has 0 aromatic heterocycles. The first-order valence-corrected chi connectivity index (χ1v) is 7.93. The van der Waals surface area contributed by atoms with Crippen LogP contribution < -0.4 is 4.74 Å². The highest BCUT2D eigenvalue weighted by Gasteiger charge is 2.17. The van der Waals surface area contributed by atoms with Crippen LogP contribution in [0.25, 0.3) is 0 Å². The Hall–Kier alpha value is -1.43. The molecule has 1 atom stereocenters. The van der Waals surface area contributed by atoms with Crippen LogP contribution in [0.4, 0.5) is 0 Å². The third-order valence-corrected chi connectivity index (χ3v) is 4.00. The Morgan fingerprint density at radius 1 is 1.23 bits per heavy atom. The van der Waals surface area contributed by atoms with Crippen molar-refractivity contribution in [2.45, 2.75) is 19.4 Å². The summed E-state index contributed by atoms with van der Waals surface area (Å²) in [6.45, 7) is 6.82. The molecule has 2 rings (SSSR count). The quantitative estimate of drug-likeness (QED) is 0.769. The average Bonchev–Trinajstić information content (AvgIpc) is 2.55. The lowest BCUT2D eigenvalue weighted by Gasteiger charge is -2.33. The van der Waals surface area contributed by atoms with E-state index in [2.05, 4.69) is 16.8 Å². The summed E-state index contributed by atoms with van der Waals surface area (Å²) in [7, 11) is 2.11. The summed E-state index contributed by atoms with van der Waals surface area (Å²) in [4.78, 5) is 16.1. The molecule has 1 aromatic carbocycles. The van der Waals surface area contributed by atoms with Crippen LogP contribution >= 0.6 is 0 Å². The van der Waals surface area contributed by atoms with Gasteiger partial charge in [0.2, 0.25) is 0 Å². The van der Waals surface area contributed by atoms with Crippen molar-refractivity contribution < 1.29 is 14.6 Å². The minimum Gasteiger partial charge on any atom is -0.491 e. The van der Waals surface area contributed by atoms with Gasteiger partial charge in [0.05, 0.1) is 0 Å². The lowest BCUT2D eigenvalue weighted by molar-refractivity contribution is 0.0504. The van der Waals surface area contributed by atoms with Crippen molar-refractivity contribution in [3.63, 3.8) is 0 Å². The molecule has 1 heterocycles. The zero-order chi connectivity index (χ0) is 15.9. The lowest BCUT2D eigenvalue weighted by atomic mass is 10.1. The van der Waals surface area contributed by atoms with Crippen molar-refractivity contribution in [3.05, 3.63) is 29.8 Å². The number of ether oxygens (including phenoxy) is 1. The van der Waals surface area contributed by atoms with E-state index in [4.69, 9.17) is 4.74 Å². The number of benzene rings is 1. The number of likely N-dealkylation sites (N-methyl/N-ethyl adjacent to an activating group) is 1. The predicted octanol–water partition coefficient (Wildman–Crippen LogP) is 1.27. The van der Waals surface area contributed by atoms with E-state index in [0.717, 1.165) is 26.2 Å². The number of hydrogen-bond acceptors (Lipinski definition) is 5. The molecule has 0 radical (unpaired) electrons. The molecule has 5 heteroatoms. The fourth-order valence-corrected chi connectivity index (χ4v) is 2.51. The molecular weight excluding hydrogens is 280 g/mol. The van der Waals surface area contributed by atoms with Crippen molar-refractivity contribution in [3.8, 4) is 5.75 Å². The fraction of sp³-hybridized carbons (Fsp3) is 0.588. The number of aliphatic hydroxyl groups is 1. The average molecular weight is 306 g/mol. The third-order valence-electron chi connectivity index (χ3n) is 4.00. The molecule has 1 aromatic rings. The molecule has 0 unspecified atom stereocenters. The number of rotatable bonds is 7. The van der Waals surface area contributed by atoms with E-state index in [1.165, 1.54) is 0 Å². The summed E-state index contributed by atoms with van der Waals surface area (Å²) in [6, 6.07) is 7.11. The molecule has 1 aliphatic heterocycles. The van der Waals surface area contributed by atoms with Crippen LogP contribution in [0, 0.1) is 0 Å². The smallest absolute Gasteiger partial charge is 0.162 e. The van der Waals surface area contributed by atoms with E-state index in [-0.39, 0.29) is 12.4 Å². The normalized spacial score (nSPS) is 18.1. The maximum Gasteiger partial charge on any atom is 0.162 e. The molecule has 1 saturated heterocycles. The Labute approximate surface area is 132 Å². The Morgan fingerprint density at radius 3 is 2.45 bits per heavy atom. The number of piperazine rings is 1. The summed E-state index contributed by atoms with van der Waals surface area (Å²) in [5, 5.41) is 10.1. The van der Waals surface area contributed by atoms with Crippen molar-refractivity contribution >= 4 is 5.78 Å². The molecular formula is C17H26N2O3. The highest BCUT2D eigenvalue weighted by Crippen LogP contribution is 2.14. The summed E-state index contributed by atoms with van der Waals surface area (Å²) in [5.41, 5.74) is 0.702. The summed E-state index contributed by atoms with van der Waals surface area (Å²) < 4.78 is 5.60. The molecule has 0 amide bonds. The lowest BCUT2D eigenvalue weighted by Crippen LogP contribution is -2.47. The van der Waals surface area contributed by atoms with Gasteiger partial charge in [0, 0.05) is 44.7 Å². The summed E-state index contributed by atoms with van der Waals surface area (Å²) in [6.07, 6.45) is 0.00424. The van der Waals surface area contributed by atoms with E-state index in [9.17, 15) is 9.90 Å². The van der Waals surface area contributed by atoms with Gasteiger partial charge in [0.1, 0.15) is 18.5 Å². The topological polar surface area (TPSA) is 53.0 Å². The number of Topliss-reactive ketones (excluding diaryl/α,β-unsaturated/α-hetero) is 1. The van der Waals surface area contributed by atoms with Crippen LogP contribution in [-0.2, 0) is 0 Å². The number of ketones is 1. The SMILES string of the molecule is CCC(=O)c1ccc(OC[C@@H](O)CN2CCN(C)CC2)cc1. The molecule has 1 aliphatic rings. The number of aliphatic hydroxyl groups excluding tert-OH is 1. The van der Waals surface area contributed by atoms with Crippen molar-refractivity contribution in [1.29, 1.82) is 0 Å². The van der Waals surface area contributed by atoms with E-state index in [1.54, 1.807) is 24.3 Å². The van der Waals surface area contributed by atoms with Gasteiger partial charge >= 0.3 is 0 Å². The van der Waals surface area contributed by atoms with Gasteiger partial charge in [-0.15, -0.1) is 0 Å². The van der Waals surface area contributed by atoms with Crippen LogP contribution in [0.5, 0.6) is 5.75 Å². The van der Waals surface area contributed by atoms with Crippen molar-refractivity contribution in [1.82, 2.24) is 9.80 Å². The van der Waals surface area contributed by atoms with E-state index >= 15 is 0 Å². The van der Waals surface area contributed by atoms with Crippen LogP contribution in [-0.4, -0.2) is 73.2 Å². The standard InChI is InChI=1S/C17H26N2O3/c1-3-17(21)14-4-6-16(7-5-14)22-13-15(20)12-19-10-8-18(2)9-11-19/h4-7,15,20H,3,8-13H2,1-2H3/t15-/m0/s1. The summed E-state index contributed by atoms with van der Waals surface area (Å²) in [5.74, 6) is 0.812. The van der Waals surface area contributed by atoms with Crippen LogP contribution in [0.15, 0.2) is 24.3 Å². The van der Waals surface area contributed by atoms with Crippen LogP contribution in [0.3, 0.4) is 0 Å². The monoisotopic (exact) mass is 306 g/mol. The van der Waals surface area contributed by atoms with Gasteiger partial charge in [-0.1, -0.05) is 6.92 Å². The van der Waals surface area contributed by atoms with Gasteiger partial charge in [-0.3, -0.25) is 9.69 Å². The Balaban J connectivity index is 1.74. The first-order chi connectivity index (χ1) is 10.6. The second-order valence-corrected chi connectivity index (χ2v) is 5.87. The summed E-state index contributed by atoms with van der Waals surface area (Å²) >= 11 is 0. The number of carbonyl (C=O) groups excluding carboxylic acids is 1. The Morgan fingerprint density at radius 2 is 1.86 bits per heavy atom. The third kappa shape index (κ3) is 5.09. The minimum absolute atomic E-state index is 0.127. The second kappa shape index (κ2) is 8.27. The van der Waals surface area contributed by atoms with E-state index in [1.807, 2.05) is 6.92 Å². The molecule has 0 aliphatic carbocycles. The fourth-order valence-electron chi connectivity index (χ4n) is 2.51. The van der Waals surface area contributed by atoms with Gasteiger partial charge in [-0.25, -0.2) is 0 Å². The zero-order valence-electron chi connectivity index (χ0n) is 13.5. The van der Waals surface area contributed by atoms with Gasteiger partial charge in [-0.2, -0.15) is 0 Å². The van der Waals surface area contributed by atoms with E-state index < -0.39 is 6.10 Å². The van der Waals surface area contributed by atoms with Gasteiger partial charge in [0.15, 0.2) is 5.78 Å². The number of carbonyl (C=O) groups is 1. The maximum absolute atomic E-state index is 11.5. The molecule has 22 heavy (non-hydrogen) atoms. The number of β-amino-alcohol motifs (C(OH)–C–C–N with tert-alkyl or cyclic N) is 1. The van der Waals surface area contributed by atoms with Crippen LogP contribution in [0.2, 0.25) is 0 Å². The molecule has 1 N–H and O–H groups in total. The molecule has 0 bridgehead atoms. The molecule has 0 spiro atoms. The largest absolute Gasteiger partial charge is 0.491 e. The van der Waals surface area contributed by atoms with Gasteiger partial charge in [0.25, 0.3) is 0 Å². The maximum atomic E-state index is 11.5. The molecule has 5 nitrogen and oxygen atoms in total. The molecule has 122 valence electrons. The zero-order valence-corrected chi connectivity index (χ0v) is 13.5. The van der Waals surface area contributed by atoms with Gasteiger partial charge in [-0.05, 0) is 31.3 Å². The highest BCUT2D eigenvalue weighted by atomic mass is 16.5.